The molecule has 4 rings (SSSR count). The van der Waals surface area contributed by atoms with E-state index in [2.05, 4.69) is 32.5 Å². The van der Waals surface area contributed by atoms with Crippen LogP contribution in [0.5, 0.6) is 5.75 Å². The molecule has 0 radical (unpaired) electrons. The molecule has 162 valence electrons. The number of carbonyl (C=O) groups excluding carboxylic acids is 1. The highest BCUT2D eigenvalue weighted by Gasteiger charge is 2.28. The molecule has 1 aromatic heterocycles. The number of aryl methyl sites for hydroxylation is 1. The van der Waals surface area contributed by atoms with Gasteiger partial charge in [-0.2, -0.15) is 0 Å². The van der Waals surface area contributed by atoms with Gasteiger partial charge in [0.2, 0.25) is 0 Å². The van der Waals surface area contributed by atoms with Crippen molar-refractivity contribution in [1.82, 2.24) is 29.9 Å². The van der Waals surface area contributed by atoms with Crippen molar-refractivity contribution in [2.45, 2.75) is 37.6 Å². The Kier molecular flexibility index (Phi) is 6.52. The summed E-state index contributed by atoms with van der Waals surface area (Å²) in [6.45, 7) is 4.28. The number of nitrogens with zero attached hydrogens (tertiary/aromatic N) is 5. The van der Waals surface area contributed by atoms with E-state index < -0.39 is 0 Å². The summed E-state index contributed by atoms with van der Waals surface area (Å²) in [5, 5.41) is 11.4. The Morgan fingerprint density at radius 1 is 1.17 bits per heavy atom. The van der Waals surface area contributed by atoms with Gasteiger partial charge in [-0.3, -0.25) is 4.90 Å². The number of hydrogen-bond donors (Lipinski definition) is 1. The van der Waals surface area contributed by atoms with E-state index in [-0.39, 0.29) is 12.1 Å². The number of rotatable bonds is 6. The van der Waals surface area contributed by atoms with E-state index in [1.54, 1.807) is 13.4 Å². The molecule has 0 saturated carbocycles. The molecule has 0 aliphatic carbocycles. The summed E-state index contributed by atoms with van der Waals surface area (Å²) >= 11 is 0. The van der Waals surface area contributed by atoms with Crippen LogP contribution in [0.4, 0.5) is 4.79 Å². The Balaban J connectivity index is 1.34. The molecule has 1 atom stereocenters. The third-order valence-electron chi connectivity index (χ3n) is 6.42. The molecule has 2 aromatic rings. The highest BCUT2D eigenvalue weighted by molar-refractivity contribution is 5.74. The van der Waals surface area contributed by atoms with Gasteiger partial charge >= 0.3 is 6.03 Å². The number of methoxy groups -OCH3 is 1. The van der Waals surface area contributed by atoms with E-state index >= 15 is 0 Å². The first-order valence-electron chi connectivity index (χ1n) is 10.9. The maximum absolute atomic E-state index is 12.9. The van der Waals surface area contributed by atoms with Gasteiger partial charge in [0.15, 0.2) is 0 Å². The summed E-state index contributed by atoms with van der Waals surface area (Å²) in [4.78, 5) is 17.3. The first kappa shape index (κ1) is 20.7. The molecule has 8 heteroatoms. The number of urea groups is 1. The Labute approximate surface area is 178 Å². The molecule has 3 heterocycles. The van der Waals surface area contributed by atoms with Crippen molar-refractivity contribution in [2.75, 3.05) is 39.8 Å². The smallest absolute Gasteiger partial charge is 0.317 e. The molecule has 8 nitrogen and oxygen atoms in total. The number of aromatic nitrogens is 3. The summed E-state index contributed by atoms with van der Waals surface area (Å²) in [5.74, 6) is 2.25. The van der Waals surface area contributed by atoms with E-state index in [1.807, 2.05) is 28.6 Å². The zero-order chi connectivity index (χ0) is 20.9. The van der Waals surface area contributed by atoms with Crippen LogP contribution in [0.2, 0.25) is 0 Å². The number of hydrogen-bond acceptors (Lipinski definition) is 5. The van der Waals surface area contributed by atoms with E-state index in [9.17, 15) is 4.79 Å². The molecule has 2 saturated heterocycles. The zero-order valence-corrected chi connectivity index (χ0v) is 18.0. The van der Waals surface area contributed by atoms with Gasteiger partial charge in [0.25, 0.3) is 0 Å². The second kappa shape index (κ2) is 9.47. The normalized spacial score (nSPS) is 19.1. The minimum Gasteiger partial charge on any atom is -0.497 e. The standard InChI is InChI=1S/C22H32N6O2/c1-26-16-24-25-21(26)18-9-13-28(14-10-18)22(29)23-15-20(27-11-3-4-12-27)17-5-7-19(30-2)8-6-17/h5-8,16,18,20H,3-4,9-15H2,1-2H3,(H,23,29). The number of nitrogens with one attached hydrogen (secondary N) is 1. The van der Waals surface area contributed by atoms with Crippen LogP contribution in [0.1, 0.15) is 49.0 Å². The summed E-state index contributed by atoms with van der Waals surface area (Å²) in [6.07, 6.45) is 6.03. The Morgan fingerprint density at radius 3 is 2.47 bits per heavy atom. The van der Waals surface area contributed by atoms with Crippen molar-refractivity contribution >= 4 is 6.03 Å². The molecule has 2 aliphatic heterocycles. The van der Waals surface area contributed by atoms with Gasteiger partial charge in [-0.05, 0) is 56.5 Å². The predicted molar refractivity (Wildman–Crippen MR) is 114 cm³/mol. The van der Waals surface area contributed by atoms with E-state index in [1.165, 1.54) is 18.4 Å². The topological polar surface area (TPSA) is 75.5 Å². The summed E-state index contributed by atoms with van der Waals surface area (Å²) in [5.41, 5.74) is 1.22. The second-order valence-electron chi connectivity index (χ2n) is 8.28. The van der Waals surface area contributed by atoms with E-state index in [0.29, 0.717) is 12.5 Å². The lowest BCUT2D eigenvalue weighted by atomic mass is 9.96. The maximum atomic E-state index is 12.9. The van der Waals surface area contributed by atoms with Crippen LogP contribution in [-0.4, -0.2) is 70.4 Å². The average molecular weight is 413 g/mol. The van der Waals surface area contributed by atoms with Crippen molar-refractivity contribution in [3.8, 4) is 5.75 Å². The van der Waals surface area contributed by atoms with Gasteiger partial charge in [-0.1, -0.05) is 12.1 Å². The van der Waals surface area contributed by atoms with Crippen molar-refractivity contribution in [1.29, 1.82) is 0 Å². The fourth-order valence-electron chi connectivity index (χ4n) is 4.64. The van der Waals surface area contributed by atoms with Gasteiger partial charge in [0.1, 0.15) is 17.9 Å². The van der Waals surface area contributed by atoms with Gasteiger partial charge in [0, 0.05) is 32.6 Å². The van der Waals surface area contributed by atoms with E-state index in [0.717, 1.165) is 50.6 Å². The van der Waals surface area contributed by atoms with Crippen molar-refractivity contribution < 1.29 is 9.53 Å². The molecular weight excluding hydrogens is 380 g/mol. The maximum Gasteiger partial charge on any atom is 0.317 e. The monoisotopic (exact) mass is 412 g/mol. The molecule has 1 N–H and O–H groups in total. The highest BCUT2D eigenvalue weighted by Crippen LogP contribution is 2.28. The number of ether oxygens (including phenoxy) is 1. The fraction of sp³-hybridized carbons (Fsp3) is 0.591. The quantitative estimate of drug-likeness (QED) is 0.789. The number of piperidine rings is 1. The molecule has 0 spiro atoms. The largest absolute Gasteiger partial charge is 0.497 e. The molecule has 2 fully saturated rings. The lowest BCUT2D eigenvalue weighted by Crippen LogP contribution is -2.46. The van der Waals surface area contributed by atoms with Crippen molar-refractivity contribution in [3.63, 3.8) is 0 Å². The first-order valence-corrected chi connectivity index (χ1v) is 10.9. The third kappa shape index (κ3) is 4.59. The van der Waals surface area contributed by atoms with Crippen LogP contribution in [0.3, 0.4) is 0 Å². The molecule has 30 heavy (non-hydrogen) atoms. The Hall–Kier alpha value is -2.61. The van der Waals surface area contributed by atoms with Crippen LogP contribution >= 0.6 is 0 Å². The van der Waals surface area contributed by atoms with E-state index in [4.69, 9.17) is 4.74 Å². The van der Waals surface area contributed by atoms with Crippen LogP contribution < -0.4 is 10.1 Å². The minimum absolute atomic E-state index is 0.0316. The summed E-state index contributed by atoms with van der Waals surface area (Å²) < 4.78 is 7.28. The molecule has 2 amide bonds. The Bertz CT molecular complexity index is 822. The van der Waals surface area contributed by atoms with Crippen molar-refractivity contribution in [3.05, 3.63) is 42.0 Å². The number of carbonyl (C=O) groups is 1. The lowest BCUT2D eigenvalue weighted by Gasteiger charge is -2.33. The minimum atomic E-state index is 0.0316. The highest BCUT2D eigenvalue weighted by atomic mass is 16.5. The van der Waals surface area contributed by atoms with Crippen molar-refractivity contribution in [2.24, 2.45) is 7.05 Å². The van der Waals surface area contributed by atoms with Gasteiger partial charge in [-0.25, -0.2) is 4.79 Å². The molecular formula is C22H32N6O2. The average Bonchev–Trinajstić information content (AvgIpc) is 3.46. The number of benzene rings is 1. The molecule has 1 unspecified atom stereocenters. The summed E-state index contributed by atoms with van der Waals surface area (Å²) in [6, 6.07) is 8.44. The predicted octanol–water partition coefficient (Wildman–Crippen LogP) is 2.55. The summed E-state index contributed by atoms with van der Waals surface area (Å²) in [7, 11) is 3.66. The fourth-order valence-corrected chi connectivity index (χ4v) is 4.64. The van der Waals surface area contributed by atoms with Gasteiger partial charge in [-0.15, -0.1) is 10.2 Å². The number of likely N-dealkylation sites (tertiary alicyclic amines) is 2. The van der Waals surface area contributed by atoms with Gasteiger partial charge < -0.3 is 19.5 Å². The SMILES string of the molecule is COc1ccc(C(CNC(=O)N2CCC(c3nncn3C)CC2)N2CCCC2)cc1. The second-order valence-corrected chi connectivity index (χ2v) is 8.28. The van der Waals surface area contributed by atoms with Gasteiger partial charge in [0.05, 0.1) is 13.2 Å². The molecule has 0 bridgehead atoms. The number of amides is 2. The zero-order valence-electron chi connectivity index (χ0n) is 18.0. The Morgan fingerprint density at radius 2 is 1.87 bits per heavy atom. The first-order chi connectivity index (χ1) is 14.7. The van der Waals surface area contributed by atoms with Crippen LogP contribution in [0, 0.1) is 0 Å². The van der Waals surface area contributed by atoms with Crippen LogP contribution in [0.25, 0.3) is 0 Å². The van der Waals surface area contributed by atoms with Crippen LogP contribution in [0.15, 0.2) is 30.6 Å². The lowest BCUT2D eigenvalue weighted by molar-refractivity contribution is 0.172. The van der Waals surface area contributed by atoms with Crippen LogP contribution in [-0.2, 0) is 7.05 Å². The molecule has 2 aliphatic rings. The third-order valence-corrected chi connectivity index (χ3v) is 6.42. The molecule has 1 aromatic carbocycles.